The summed E-state index contributed by atoms with van der Waals surface area (Å²) >= 11 is -2.99. The van der Waals surface area contributed by atoms with E-state index in [4.69, 9.17) is 0 Å². The molecule has 0 aliphatic carbocycles. The van der Waals surface area contributed by atoms with Crippen LogP contribution in [0.25, 0.3) is 0 Å². The number of hydrogen-bond donors (Lipinski definition) is 0. The average Bonchev–Trinajstić information content (AvgIpc) is 2.72. The van der Waals surface area contributed by atoms with Crippen molar-refractivity contribution >= 4 is 35.8 Å². The molecule has 1 aliphatic heterocycles. The standard InChI is InChI=1S/C13H8N2O4Se/c16-13-10-7-4-8-11(15(17)18)12(10)20(19)14(13)9-5-2-1-3-6-9/h1-8H. The van der Waals surface area contributed by atoms with Crippen molar-refractivity contribution in [1.82, 2.24) is 0 Å². The van der Waals surface area contributed by atoms with Gasteiger partial charge >= 0.3 is 117 Å². The molecule has 3 rings (SSSR count). The van der Waals surface area contributed by atoms with E-state index in [0.29, 0.717) is 5.69 Å². The van der Waals surface area contributed by atoms with Gasteiger partial charge in [-0.05, 0) is 0 Å². The van der Waals surface area contributed by atoms with Crippen molar-refractivity contribution in [3.8, 4) is 0 Å². The predicted molar refractivity (Wildman–Crippen MR) is 72.4 cm³/mol. The molecule has 0 saturated carbocycles. The van der Waals surface area contributed by atoms with Crippen molar-refractivity contribution in [3.63, 3.8) is 0 Å². The van der Waals surface area contributed by atoms with Crippen LogP contribution in [0.1, 0.15) is 10.4 Å². The fraction of sp³-hybridized carbons (Fsp3) is 0. The van der Waals surface area contributed by atoms with Crippen LogP contribution >= 0.6 is 0 Å². The van der Waals surface area contributed by atoms with E-state index in [1.807, 2.05) is 0 Å². The maximum atomic E-state index is 12.5. The van der Waals surface area contributed by atoms with Crippen LogP contribution in [0.2, 0.25) is 0 Å². The van der Waals surface area contributed by atoms with Gasteiger partial charge in [0.1, 0.15) is 0 Å². The van der Waals surface area contributed by atoms with Crippen molar-refractivity contribution in [2.45, 2.75) is 0 Å². The first-order chi connectivity index (χ1) is 9.61. The number of carbonyl (C=O) groups is 1. The zero-order valence-corrected chi connectivity index (χ0v) is 11.8. The molecule has 2 aromatic carbocycles. The fourth-order valence-corrected chi connectivity index (χ4v) is 5.03. The third kappa shape index (κ3) is 1.76. The Labute approximate surface area is 118 Å². The first-order valence-corrected chi connectivity index (χ1v) is 8.02. The molecule has 0 fully saturated rings. The molecule has 0 bridgehead atoms. The van der Waals surface area contributed by atoms with E-state index >= 15 is 0 Å². The van der Waals surface area contributed by atoms with Crippen molar-refractivity contribution in [1.29, 1.82) is 0 Å². The summed E-state index contributed by atoms with van der Waals surface area (Å²) in [5.74, 6) is -0.449. The zero-order valence-electron chi connectivity index (χ0n) is 10.1. The number of rotatable bonds is 2. The number of amides is 1. The summed E-state index contributed by atoms with van der Waals surface area (Å²) in [6, 6.07) is 12.7. The molecule has 0 N–H and O–H groups in total. The molecule has 1 amide bonds. The minimum absolute atomic E-state index is 0.0614. The van der Waals surface area contributed by atoms with E-state index in [2.05, 4.69) is 0 Å². The Morgan fingerprint density at radius 2 is 1.75 bits per heavy atom. The fourth-order valence-electron chi connectivity index (χ4n) is 2.07. The van der Waals surface area contributed by atoms with Gasteiger partial charge in [-0.15, -0.1) is 0 Å². The van der Waals surface area contributed by atoms with Crippen molar-refractivity contribution in [2.24, 2.45) is 0 Å². The van der Waals surface area contributed by atoms with Gasteiger partial charge in [-0.2, -0.15) is 0 Å². The number of anilines is 1. The number of para-hydroxylation sites is 1. The monoisotopic (exact) mass is 336 g/mol. The van der Waals surface area contributed by atoms with Crippen LogP contribution in [-0.4, -0.2) is 24.9 Å². The van der Waals surface area contributed by atoms with Crippen molar-refractivity contribution in [3.05, 3.63) is 64.2 Å². The number of benzene rings is 2. The van der Waals surface area contributed by atoms with E-state index < -0.39 is 24.9 Å². The van der Waals surface area contributed by atoms with E-state index in [1.54, 1.807) is 30.3 Å². The van der Waals surface area contributed by atoms with Crippen LogP contribution in [0, 0.1) is 10.1 Å². The molecule has 1 aliphatic rings. The molecule has 0 spiro atoms. The molecule has 6 nitrogen and oxygen atoms in total. The summed E-state index contributed by atoms with van der Waals surface area (Å²) in [5.41, 5.74) is 0.389. The second-order valence-electron chi connectivity index (χ2n) is 4.10. The third-order valence-corrected chi connectivity index (χ3v) is 6.06. The Hall–Kier alpha value is -2.37. The summed E-state index contributed by atoms with van der Waals surface area (Å²) in [4.78, 5) is 22.7. The Morgan fingerprint density at radius 3 is 2.40 bits per heavy atom. The van der Waals surface area contributed by atoms with Crippen LogP contribution in [0.3, 0.4) is 0 Å². The van der Waals surface area contributed by atoms with Gasteiger partial charge in [0.25, 0.3) is 0 Å². The van der Waals surface area contributed by atoms with Crippen LogP contribution in [0.15, 0.2) is 48.5 Å². The molecule has 0 aromatic heterocycles. The third-order valence-electron chi connectivity index (χ3n) is 2.94. The molecule has 7 heteroatoms. The van der Waals surface area contributed by atoms with Gasteiger partial charge in [-0.1, -0.05) is 0 Å². The molecule has 1 unspecified atom stereocenters. The second kappa shape index (κ2) is 4.63. The predicted octanol–water partition coefficient (Wildman–Crippen LogP) is 1.38. The first-order valence-electron chi connectivity index (χ1n) is 5.70. The molecule has 0 saturated heterocycles. The van der Waals surface area contributed by atoms with E-state index in [-0.39, 0.29) is 15.7 Å². The summed E-state index contributed by atoms with van der Waals surface area (Å²) in [6.07, 6.45) is 0. The van der Waals surface area contributed by atoms with Crippen LogP contribution in [0.4, 0.5) is 11.4 Å². The molecular weight excluding hydrogens is 327 g/mol. The summed E-state index contributed by atoms with van der Waals surface area (Å²) in [5, 5.41) is 11.0. The Morgan fingerprint density at radius 1 is 1.05 bits per heavy atom. The number of nitro groups is 1. The number of nitrogens with zero attached hydrogens (tertiary/aromatic N) is 2. The van der Waals surface area contributed by atoms with Gasteiger partial charge in [0.05, 0.1) is 0 Å². The Bertz CT molecular complexity index is 745. The Balaban J connectivity index is 2.18. The number of nitro benzene ring substituents is 1. The topological polar surface area (TPSA) is 80.5 Å². The SMILES string of the molecule is O=C1c2cccc([N+](=O)[O-])c2[Se](=O)N1c1ccccc1. The molecule has 100 valence electrons. The molecule has 1 atom stereocenters. The minimum atomic E-state index is -2.99. The summed E-state index contributed by atoms with van der Waals surface area (Å²) in [7, 11) is 0. The Kier molecular flexibility index (Phi) is 2.93. The van der Waals surface area contributed by atoms with Gasteiger partial charge in [0, 0.05) is 0 Å². The number of hydrogen-bond acceptors (Lipinski definition) is 4. The zero-order chi connectivity index (χ0) is 14.3. The van der Waals surface area contributed by atoms with Gasteiger partial charge in [-0.3, -0.25) is 0 Å². The maximum absolute atomic E-state index is 12.5. The van der Waals surface area contributed by atoms with E-state index in [1.165, 1.54) is 18.2 Å². The van der Waals surface area contributed by atoms with E-state index in [9.17, 15) is 18.7 Å². The first kappa shape index (κ1) is 12.7. The summed E-state index contributed by atoms with van der Waals surface area (Å²) in [6.45, 7) is 0. The van der Waals surface area contributed by atoms with Gasteiger partial charge < -0.3 is 0 Å². The molecule has 2 aromatic rings. The van der Waals surface area contributed by atoms with Gasteiger partial charge in [0.15, 0.2) is 0 Å². The van der Waals surface area contributed by atoms with Gasteiger partial charge in [-0.25, -0.2) is 0 Å². The van der Waals surface area contributed by atoms with Crippen LogP contribution in [0.5, 0.6) is 0 Å². The second-order valence-corrected chi connectivity index (χ2v) is 6.76. The number of fused-ring (bicyclic) bond motifs is 1. The number of carbonyl (C=O) groups excluding carboxylic acids is 1. The van der Waals surface area contributed by atoms with Gasteiger partial charge in [0.2, 0.25) is 0 Å². The normalized spacial score (nSPS) is 17.1. The molecular formula is C13H8N2O4Se. The molecule has 1 heterocycles. The van der Waals surface area contributed by atoms with E-state index in [0.717, 1.165) is 3.92 Å². The summed E-state index contributed by atoms with van der Waals surface area (Å²) < 4.78 is 13.8. The molecule has 20 heavy (non-hydrogen) atoms. The molecule has 0 radical (unpaired) electrons. The van der Waals surface area contributed by atoms with Crippen molar-refractivity contribution in [2.75, 3.05) is 3.92 Å². The average molecular weight is 335 g/mol. The van der Waals surface area contributed by atoms with Crippen molar-refractivity contribution < 1.29 is 13.6 Å². The van der Waals surface area contributed by atoms with Crippen LogP contribution < -0.4 is 8.38 Å². The quantitative estimate of drug-likeness (QED) is 0.472. The van der Waals surface area contributed by atoms with Crippen LogP contribution in [-0.2, 0) is 3.83 Å².